The van der Waals surface area contributed by atoms with Gasteiger partial charge in [-0.05, 0) is 36.8 Å². The quantitative estimate of drug-likeness (QED) is 0.928. The van der Waals surface area contributed by atoms with Crippen molar-refractivity contribution in [2.45, 2.75) is 18.5 Å². The molecule has 0 radical (unpaired) electrons. The molecule has 0 amide bonds. The van der Waals surface area contributed by atoms with E-state index in [9.17, 15) is 0 Å². The Morgan fingerprint density at radius 1 is 1.24 bits per heavy atom. The smallest absolute Gasteiger partial charge is 0.161 e. The van der Waals surface area contributed by atoms with Crippen molar-refractivity contribution in [3.8, 4) is 17.1 Å². The number of aromatic nitrogens is 2. The molecule has 5 nitrogen and oxygen atoms in total. The molecule has 2 fully saturated rings. The lowest BCUT2D eigenvalue weighted by atomic mass is 10.2. The van der Waals surface area contributed by atoms with Crippen LogP contribution < -0.4 is 15.0 Å². The molecule has 2 saturated heterocycles. The van der Waals surface area contributed by atoms with Gasteiger partial charge in [0.25, 0.3) is 0 Å². The van der Waals surface area contributed by atoms with Crippen LogP contribution in [0.5, 0.6) is 5.75 Å². The van der Waals surface area contributed by atoms with Crippen LogP contribution in [-0.2, 0) is 0 Å². The number of methoxy groups -OCH3 is 1. The van der Waals surface area contributed by atoms with Crippen molar-refractivity contribution in [1.29, 1.82) is 0 Å². The maximum absolute atomic E-state index is 5.19. The molecule has 2 atom stereocenters. The van der Waals surface area contributed by atoms with Crippen LogP contribution in [0, 0.1) is 0 Å². The van der Waals surface area contributed by atoms with Gasteiger partial charge in [-0.25, -0.2) is 9.97 Å². The Hall–Kier alpha value is -2.14. The lowest BCUT2D eigenvalue weighted by molar-refractivity contribution is 0.415. The van der Waals surface area contributed by atoms with Crippen molar-refractivity contribution in [2.24, 2.45) is 0 Å². The third-order valence-electron chi connectivity index (χ3n) is 4.34. The van der Waals surface area contributed by atoms with E-state index in [1.807, 2.05) is 36.5 Å². The van der Waals surface area contributed by atoms with E-state index >= 15 is 0 Å². The molecule has 1 aromatic carbocycles. The number of hydrogen-bond donors (Lipinski definition) is 1. The van der Waals surface area contributed by atoms with Crippen molar-refractivity contribution >= 4 is 5.82 Å². The predicted octanol–water partition coefficient (Wildman–Crippen LogP) is 1.70. The first-order chi connectivity index (χ1) is 10.3. The van der Waals surface area contributed by atoms with Gasteiger partial charge < -0.3 is 15.0 Å². The molecular formula is C16H18N4O. The molecule has 0 aliphatic carbocycles. The highest BCUT2D eigenvalue weighted by molar-refractivity contribution is 5.58. The molecular weight excluding hydrogens is 264 g/mol. The van der Waals surface area contributed by atoms with Crippen LogP contribution in [0.25, 0.3) is 11.4 Å². The van der Waals surface area contributed by atoms with Crippen LogP contribution in [-0.4, -0.2) is 42.3 Å². The Kier molecular flexibility index (Phi) is 3.00. The van der Waals surface area contributed by atoms with Gasteiger partial charge >= 0.3 is 0 Å². The summed E-state index contributed by atoms with van der Waals surface area (Å²) in [5.74, 6) is 2.65. The zero-order chi connectivity index (χ0) is 14.2. The second-order valence-corrected chi connectivity index (χ2v) is 5.61. The van der Waals surface area contributed by atoms with Gasteiger partial charge in [0.2, 0.25) is 0 Å². The minimum atomic E-state index is 0.577. The monoisotopic (exact) mass is 282 g/mol. The molecule has 2 bridgehead atoms. The van der Waals surface area contributed by atoms with Gasteiger partial charge in [-0.3, -0.25) is 0 Å². The summed E-state index contributed by atoms with van der Waals surface area (Å²) in [5.41, 5.74) is 1.01. The molecule has 2 aliphatic heterocycles. The fourth-order valence-corrected chi connectivity index (χ4v) is 3.23. The molecule has 21 heavy (non-hydrogen) atoms. The molecule has 0 spiro atoms. The van der Waals surface area contributed by atoms with Gasteiger partial charge in [-0.1, -0.05) is 0 Å². The Bertz CT molecular complexity index is 643. The van der Waals surface area contributed by atoms with Crippen LogP contribution >= 0.6 is 0 Å². The minimum Gasteiger partial charge on any atom is -0.497 e. The van der Waals surface area contributed by atoms with E-state index < -0.39 is 0 Å². The second-order valence-electron chi connectivity index (χ2n) is 5.61. The van der Waals surface area contributed by atoms with E-state index in [0.717, 1.165) is 36.0 Å². The fraction of sp³-hybridized carbons (Fsp3) is 0.375. The van der Waals surface area contributed by atoms with Gasteiger partial charge in [-0.2, -0.15) is 0 Å². The van der Waals surface area contributed by atoms with Gasteiger partial charge in [0, 0.05) is 36.9 Å². The van der Waals surface area contributed by atoms with Crippen molar-refractivity contribution in [2.75, 3.05) is 25.1 Å². The fourth-order valence-electron chi connectivity index (χ4n) is 3.23. The highest BCUT2D eigenvalue weighted by Crippen LogP contribution is 2.29. The van der Waals surface area contributed by atoms with E-state index in [-0.39, 0.29) is 0 Å². The Morgan fingerprint density at radius 2 is 2.10 bits per heavy atom. The average Bonchev–Trinajstić information content (AvgIpc) is 3.18. The zero-order valence-corrected chi connectivity index (χ0v) is 12.0. The third kappa shape index (κ3) is 2.23. The van der Waals surface area contributed by atoms with Gasteiger partial charge in [0.1, 0.15) is 11.6 Å². The maximum atomic E-state index is 5.19. The summed E-state index contributed by atoms with van der Waals surface area (Å²) in [6, 6.07) is 11.1. The number of fused-ring (bicyclic) bond motifs is 2. The summed E-state index contributed by atoms with van der Waals surface area (Å²) in [4.78, 5) is 11.5. The second kappa shape index (κ2) is 5.00. The molecule has 3 heterocycles. The number of nitrogens with zero attached hydrogens (tertiary/aromatic N) is 3. The van der Waals surface area contributed by atoms with Crippen molar-refractivity contribution in [3.63, 3.8) is 0 Å². The number of benzene rings is 1. The Labute approximate surface area is 124 Å². The summed E-state index contributed by atoms with van der Waals surface area (Å²) in [6.07, 6.45) is 3.07. The number of ether oxygens (including phenoxy) is 1. The van der Waals surface area contributed by atoms with E-state index in [0.29, 0.717) is 12.1 Å². The van der Waals surface area contributed by atoms with Gasteiger partial charge in [0.05, 0.1) is 7.11 Å². The highest BCUT2D eigenvalue weighted by atomic mass is 16.5. The summed E-state index contributed by atoms with van der Waals surface area (Å²) >= 11 is 0. The molecule has 5 heteroatoms. The summed E-state index contributed by atoms with van der Waals surface area (Å²) < 4.78 is 5.19. The van der Waals surface area contributed by atoms with Gasteiger partial charge in [0.15, 0.2) is 5.82 Å². The van der Waals surface area contributed by atoms with E-state index in [1.165, 1.54) is 6.42 Å². The predicted molar refractivity (Wildman–Crippen MR) is 81.6 cm³/mol. The first kappa shape index (κ1) is 12.6. The highest BCUT2D eigenvalue weighted by Gasteiger charge is 2.38. The lowest BCUT2D eigenvalue weighted by Gasteiger charge is -2.28. The van der Waals surface area contributed by atoms with Gasteiger partial charge in [-0.15, -0.1) is 0 Å². The van der Waals surface area contributed by atoms with E-state index in [4.69, 9.17) is 9.72 Å². The van der Waals surface area contributed by atoms with Crippen LogP contribution in [0.15, 0.2) is 36.5 Å². The first-order valence-electron chi connectivity index (χ1n) is 7.31. The maximum Gasteiger partial charge on any atom is 0.161 e. The zero-order valence-electron chi connectivity index (χ0n) is 12.0. The SMILES string of the molecule is COc1ccc(-c2nccc(N3C[C@@H]4C[C@H]3CN4)n2)cc1. The normalized spacial score (nSPS) is 23.6. The summed E-state index contributed by atoms with van der Waals surface area (Å²) in [6.45, 7) is 2.11. The van der Waals surface area contributed by atoms with Crippen molar-refractivity contribution in [1.82, 2.24) is 15.3 Å². The minimum absolute atomic E-state index is 0.577. The van der Waals surface area contributed by atoms with Crippen LogP contribution in [0.3, 0.4) is 0 Å². The third-order valence-corrected chi connectivity index (χ3v) is 4.34. The number of piperazine rings is 1. The lowest BCUT2D eigenvalue weighted by Crippen LogP contribution is -2.44. The molecule has 0 unspecified atom stereocenters. The molecule has 4 rings (SSSR count). The van der Waals surface area contributed by atoms with Crippen molar-refractivity contribution in [3.05, 3.63) is 36.5 Å². The molecule has 0 saturated carbocycles. The van der Waals surface area contributed by atoms with E-state index in [1.54, 1.807) is 7.11 Å². The molecule has 2 aliphatic rings. The topological polar surface area (TPSA) is 50.3 Å². The van der Waals surface area contributed by atoms with Crippen LogP contribution in [0.2, 0.25) is 0 Å². The van der Waals surface area contributed by atoms with Crippen LogP contribution in [0.4, 0.5) is 5.82 Å². The Morgan fingerprint density at radius 3 is 2.76 bits per heavy atom. The van der Waals surface area contributed by atoms with Crippen LogP contribution in [0.1, 0.15) is 6.42 Å². The summed E-state index contributed by atoms with van der Waals surface area (Å²) in [5, 5.41) is 3.52. The Balaban J connectivity index is 1.63. The molecule has 108 valence electrons. The first-order valence-corrected chi connectivity index (χ1v) is 7.31. The number of hydrogen-bond acceptors (Lipinski definition) is 5. The largest absolute Gasteiger partial charge is 0.497 e. The van der Waals surface area contributed by atoms with Crippen molar-refractivity contribution < 1.29 is 4.74 Å². The van der Waals surface area contributed by atoms with E-state index in [2.05, 4.69) is 15.2 Å². The average molecular weight is 282 g/mol. The molecule has 1 N–H and O–H groups in total. The molecule has 2 aromatic rings. The number of anilines is 1. The number of rotatable bonds is 3. The molecule has 1 aromatic heterocycles. The number of nitrogens with one attached hydrogen (secondary N) is 1. The summed E-state index contributed by atoms with van der Waals surface area (Å²) in [7, 11) is 1.67. The standard InChI is InChI=1S/C16H18N4O/c1-21-14-4-2-11(3-5-14)16-17-7-6-15(19-16)20-10-12-8-13(20)9-18-12/h2-7,12-13,18H,8-10H2,1H3/t12-,13-/m0/s1.